The molecule has 0 heterocycles. The molecule has 0 bridgehead atoms. The number of aliphatic hydroxyl groups is 1. The summed E-state index contributed by atoms with van der Waals surface area (Å²) in [6.07, 6.45) is 0.300. The molecule has 1 atom stereocenters. The molecule has 19 heavy (non-hydrogen) atoms. The number of aliphatic hydroxyl groups excluding tert-OH is 1. The van der Waals surface area contributed by atoms with Gasteiger partial charge in [0.15, 0.2) is 0 Å². The quantitative estimate of drug-likeness (QED) is 0.883. The largest absolute Gasteiger partial charge is 0.497 e. The highest BCUT2D eigenvalue weighted by Gasteiger charge is 2.04. The molecule has 0 aliphatic carbocycles. The molecule has 1 unspecified atom stereocenters. The van der Waals surface area contributed by atoms with Crippen LogP contribution >= 0.6 is 0 Å². The second-order valence-electron chi connectivity index (χ2n) is 4.27. The first kappa shape index (κ1) is 13.4. The van der Waals surface area contributed by atoms with E-state index in [0.717, 1.165) is 22.8 Å². The van der Waals surface area contributed by atoms with E-state index in [0.29, 0.717) is 6.42 Å². The second kappa shape index (κ2) is 6.25. The monoisotopic (exact) mass is 258 g/mol. The zero-order valence-electron chi connectivity index (χ0n) is 11.2. The lowest BCUT2D eigenvalue weighted by molar-refractivity contribution is 0.173. The highest BCUT2D eigenvalue weighted by Crippen LogP contribution is 2.25. The third-order valence-corrected chi connectivity index (χ3v) is 2.95. The zero-order valence-corrected chi connectivity index (χ0v) is 11.2. The van der Waals surface area contributed by atoms with Gasteiger partial charge in [0.1, 0.15) is 17.2 Å². The SMILES string of the molecule is CCC(O)c1ccc(Oc2ccc(OC)cc2)cc1. The standard InChI is InChI=1S/C16H18O3/c1-3-16(17)12-4-6-14(7-5-12)19-15-10-8-13(18-2)9-11-15/h4-11,16-17H,3H2,1-2H3. The fraction of sp³-hybridized carbons (Fsp3) is 0.250. The minimum Gasteiger partial charge on any atom is -0.497 e. The average molecular weight is 258 g/mol. The van der Waals surface area contributed by atoms with E-state index in [1.807, 2.05) is 55.5 Å². The summed E-state index contributed by atoms with van der Waals surface area (Å²) in [6.45, 7) is 1.95. The smallest absolute Gasteiger partial charge is 0.127 e. The minimum atomic E-state index is -0.407. The van der Waals surface area contributed by atoms with E-state index in [1.165, 1.54) is 0 Å². The first-order chi connectivity index (χ1) is 9.22. The molecule has 0 aliphatic heterocycles. The number of ether oxygens (including phenoxy) is 2. The van der Waals surface area contributed by atoms with Gasteiger partial charge in [-0.05, 0) is 48.4 Å². The van der Waals surface area contributed by atoms with Crippen LogP contribution in [0.5, 0.6) is 17.2 Å². The van der Waals surface area contributed by atoms with Crippen LogP contribution in [0.15, 0.2) is 48.5 Å². The molecule has 100 valence electrons. The first-order valence-electron chi connectivity index (χ1n) is 6.33. The Morgan fingerprint density at radius 1 is 0.895 bits per heavy atom. The van der Waals surface area contributed by atoms with Crippen LogP contribution in [0.2, 0.25) is 0 Å². The Labute approximate surface area is 113 Å². The molecular weight excluding hydrogens is 240 g/mol. The van der Waals surface area contributed by atoms with E-state index in [9.17, 15) is 5.11 Å². The molecule has 0 aliphatic rings. The van der Waals surface area contributed by atoms with Crippen LogP contribution < -0.4 is 9.47 Å². The maximum Gasteiger partial charge on any atom is 0.127 e. The van der Waals surface area contributed by atoms with Crippen molar-refractivity contribution in [2.24, 2.45) is 0 Å². The number of rotatable bonds is 5. The van der Waals surface area contributed by atoms with E-state index in [4.69, 9.17) is 9.47 Å². The van der Waals surface area contributed by atoms with Crippen LogP contribution in [-0.2, 0) is 0 Å². The summed E-state index contributed by atoms with van der Waals surface area (Å²) in [5, 5.41) is 9.71. The summed E-state index contributed by atoms with van der Waals surface area (Å²) < 4.78 is 10.8. The van der Waals surface area contributed by atoms with Gasteiger partial charge in [-0.15, -0.1) is 0 Å². The van der Waals surface area contributed by atoms with Gasteiger partial charge in [-0.3, -0.25) is 0 Å². The van der Waals surface area contributed by atoms with Gasteiger partial charge in [-0.2, -0.15) is 0 Å². The summed E-state index contributed by atoms with van der Waals surface area (Å²) >= 11 is 0. The Morgan fingerprint density at radius 2 is 1.37 bits per heavy atom. The normalized spacial score (nSPS) is 11.9. The van der Waals surface area contributed by atoms with Crippen molar-refractivity contribution in [2.75, 3.05) is 7.11 Å². The van der Waals surface area contributed by atoms with Gasteiger partial charge < -0.3 is 14.6 Å². The summed E-state index contributed by atoms with van der Waals surface area (Å²) in [4.78, 5) is 0. The van der Waals surface area contributed by atoms with Gasteiger partial charge in [0.2, 0.25) is 0 Å². The molecule has 0 saturated heterocycles. The average Bonchev–Trinajstić information content (AvgIpc) is 2.48. The lowest BCUT2D eigenvalue weighted by Crippen LogP contribution is -1.94. The topological polar surface area (TPSA) is 38.7 Å². The number of hydrogen-bond acceptors (Lipinski definition) is 3. The van der Waals surface area contributed by atoms with Crippen molar-refractivity contribution in [3.8, 4) is 17.2 Å². The van der Waals surface area contributed by atoms with Crippen molar-refractivity contribution in [3.63, 3.8) is 0 Å². The maximum absolute atomic E-state index is 9.71. The highest BCUT2D eigenvalue weighted by atomic mass is 16.5. The Bertz CT molecular complexity index is 503. The van der Waals surface area contributed by atoms with Crippen molar-refractivity contribution < 1.29 is 14.6 Å². The molecular formula is C16H18O3. The van der Waals surface area contributed by atoms with Crippen molar-refractivity contribution in [1.29, 1.82) is 0 Å². The third kappa shape index (κ3) is 3.48. The zero-order chi connectivity index (χ0) is 13.7. The van der Waals surface area contributed by atoms with Crippen LogP contribution in [0.1, 0.15) is 25.0 Å². The molecule has 2 aromatic rings. The fourth-order valence-electron chi connectivity index (χ4n) is 1.77. The minimum absolute atomic E-state index is 0.407. The first-order valence-corrected chi connectivity index (χ1v) is 6.33. The molecule has 0 amide bonds. The Balaban J connectivity index is 2.06. The van der Waals surface area contributed by atoms with Gasteiger partial charge in [0, 0.05) is 0 Å². The van der Waals surface area contributed by atoms with Crippen LogP contribution in [0.4, 0.5) is 0 Å². The predicted molar refractivity (Wildman–Crippen MR) is 74.8 cm³/mol. The summed E-state index contributed by atoms with van der Waals surface area (Å²) in [5.41, 5.74) is 0.907. The van der Waals surface area contributed by atoms with Gasteiger partial charge in [-0.1, -0.05) is 19.1 Å². The van der Waals surface area contributed by atoms with Crippen molar-refractivity contribution in [1.82, 2.24) is 0 Å². The van der Waals surface area contributed by atoms with Crippen LogP contribution in [0, 0.1) is 0 Å². The number of benzene rings is 2. The Kier molecular flexibility index (Phi) is 4.42. The molecule has 3 heteroatoms. The van der Waals surface area contributed by atoms with Crippen molar-refractivity contribution >= 4 is 0 Å². The van der Waals surface area contributed by atoms with E-state index in [-0.39, 0.29) is 0 Å². The highest BCUT2D eigenvalue weighted by molar-refractivity contribution is 5.36. The fourth-order valence-corrected chi connectivity index (χ4v) is 1.77. The van der Waals surface area contributed by atoms with Gasteiger partial charge in [0.25, 0.3) is 0 Å². The molecule has 0 spiro atoms. The molecule has 0 fully saturated rings. The van der Waals surface area contributed by atoms with E-state index in [2.05, 4.69) is 0 Å². The second-order valence-corrected chi connectivity index (χ2v) is 4.27. The molecule has 0 saturated carbocycles. The van der Waals surface area contributed by atoms with Crippen LogP contribution in [0.25, 0.3) is 0 Å². The van der Waals surface area contributed by atoms with E-state index < -0.39 is 6.10 Å². The van der Waals surface area contributed by atoms with Crippen molar-refractivity contribution in [3.05, 3.63) is 54.1 Å². The summed E-state index contributed by atoms with van der Waals surface area (Å²) in [7, 11) is 1.63. The van der Waals surface area contributed by atoms with Gasteiger partial charge in [-0.25, -0.2) is 0 Å². The molecule has 2 rings (SSSR count). The van der Waals surface area contributed by atoms with E-state index >= 15 is 0 Å². The number of methoxy groups -OCH3 is 1. The molecule has 3 nitrogen and oxygen atoms in total. The van der Waals surface area contributed by atoms with Gasteiger partial charge in [0.05, 0.1) is 13.2 Å². The molecule has 0 aromatic heterocycles. The van der Waals surface area contributed by atoms with Crippen molar-refractivity contribution in [2.45, 2.75) is 19.4 Å². The summed E-state index contributed by atoms with van der Waals surface area (Å²) in [5.74, 6) is 2.30. The van der Waals surface area contributed by atoms with Crippen LogP contribution in [-0.4, -0.2) is 12.2 Å². The lowest BCUT2D eigenvalue weighted by Gasteiger charge is -2.10. The predicted octanol–water partition coefficient (Wildman–Crippen LogP) is 3.93. The molecule has 1 N–H and O–H groups in total. The Hall–Kier alpha value is -2.00. The third-order valence-electron chi connectivity index (χ3n) is 2.95. The number of hydrogen-bond donors (Lipinski definition) is 1. The molecule has 0 radical (unpaired) electrons. The maximum atomic E-state index is 9.71. The Morgan fingerprint density at radius 3 is 1.84 bits per heavy atom. The summed E-state index contributed by atoms with van der Waals surface area (Å²) in [6, 6.07) is 14.9. The lowest BCUT2D eigenvalue weighted by atomic mass is 10.1. The van der Waals surface area contributed by atoms with Crippen LogP contribution in [0.3, 0.4) is 0 Å². The van der Waals surface area contributed by atoms with E-state index in [1.54, 1.807) is 7.11 Å². The van der Waals surface area contributed by atoms with Gasteiger partial charge >= 0.3 is 0 Å². The molecule has 2 aromatic carbocycles.